The molecule has 4 aromatic rings. The second kappa shape index (κ2) is 7.01. The molecule has 0 aliphatic rings. The van der Waals surface area contributed by atoms with Crippen molar-refractivity contribution in [3.05, 3.63) is 79.6 Å². The van der Waals surface area contributed by atoms with Gasteiger partial charge in [-0.15, -0.1) is 11.3 Å². The Morgan fingerprint density at radius 2 is 1.96 bits per heavy atom. The molecule has 9 heteroatoms. The fraction of sp³-hybridized carbons (Fsp3) is 0.158. The number of hydrogen-bond donors (Lipinski definition) is 1. The van der Waals surface area contributed by atoms with Crippen LogP contribution in [0.2, 0.25) is 0 Å². The normalized spacial score (nSPS) is 11.1. The predicted molar refractivity (Wildman–Crippen MR) is 104 cm³/mol. The molecule has 1 amide bonds. The number of amides is 1. The summed E-state index contributed by atoms with van der Waals surface area (Å²) in [4.78, 5) is 36.6. The molecule has 3 aromatic heterocycles. The zero-order valence-electron chi connectivity index (χ0n) is 15.1. The Morgan fingerprint density at radius 1 is 1.21 bits per heavy atom. The van der Waals surface area contributed by atoms with Crippen LogP contribution in [0.3, 0.4) is 0 Å². The molecule has 1 N–H and O–H groups in total. The van der Waals surface area contributed by atoms with Crippen molar-refractivity contribution >= 4 is 29.0 Å². The van der Waals surface area contributed by atoms with Gasteiger partial charge < -0.3 is 0 Å². The fourth-order valence-corrected chi connectivity index (χ4v) is 3.46. The smallest absolute Gasteiger partial charge is 0.272 e. The van der Waals surface area contributed by atoms with Gasteiger partial charge in [-0.05, 0) is 49.6 Å². The summed E-state index contributed by atoms with van der Waals surface area (Å²) in [5.74, 6) is -0.413. The van der Waals surface area contributed by atoms with Crippen molar-refractivity contribution in [2.24, 2.45) is 0 Å². The molecule has 0 saturated carbocycles. The molecule has 0 bridgehead atoms. The second-order valence-corrected chi connectivity index (χ2v) is 7.32. The Bertz CT molecular complexity index is 1210. The second-order valence-electron chi connectivity index (χ2n) is 6.29. The number of aryl methyl sites for hydroxylation is 1. The maximum atomic E-state index is 13.3. The van der Waals surface area contributed by atoms with Gasteiger partial charge in [0.2, 0.25) is 5.95 Å². The van der Waals surface area contributed by atoms with Crippen LogP contribution >= 0.6 is 11.3 Å². The van der Waals surface area contributed by atoms with E-state index in [1.807, 2.05) is 17.5 Å². The lowest BCUT2D eigenvalue weighted by atomic mass is 10.2. The summed E-state index contributed by atoms with van der Waals surface area (Å²) in [6.45, 7) is 3.67. The SMILES string of the molecule is Cc1nc2nc(N(Cc3cccs3)C(=O)c3ccc(F)cc3)[nH]n2c(=O)c1C. The Labute approximate surface area is 163 Å². The number of halogens is 1. The van der Waals surface area contributed by atoms with Crippen molar-refractivity contribution in [1.82, 2.24) is 19.6 Å². The number of benzene rings is 1. The number of thiophene rings is 1. The van der Waals surface area contributed by atoms with Crippen LogP contribution in [0.25, 0.3) is 5.78 Å². The molecular weight excluding hydrogens is 381 g/mol. The third kappa shape index (κ3) is 3.20. The number of nitrogens with zero attached hydrogens (tertiary/aromatic N) is 4. The van der Waals surface area contributed by atoms with Gasteiger partial charge in [-0.1, -0.05) is 6.07 Å². The van der Waals surface area contributed by atoms with Crippen molar-refractivity contribution in [3.63, 3.8) is 0 Å². The molecule has 0 saturated heterocycles. The molecule has 0 spiro atoms. The first-order valence-electron chi connectivity index (χ1n) is 8.50. The number of rotatable bonds is 4. The van der Waals surface area contributed by atoms with Gasteiger partial charge in [0.05, 0.1) is 6.54 Å². The molecule has 0 unspecified atom stereocenters. The summed E-state index contributed by atoms with van der Waals surface area (Å²) in [7, 11) is 0. The minimum Gasteiger partial charge on any atom is -0.272 e. The third-order valence-corrected chi connectivity index (χ3v) is 5.30. The van der Waals surface area contributed by atoms with E-state index in [4.69, 9.17) is 0 Å². The molecule has 0 atom stereocenters. The molecule has 3 heterocycles. The number of anilines is 1. The van der Waals surface area contributed by atoms with E-state index in [1.165, 1.54) is 45.0 Å². The lowest BCUT2D eigenvalue weighted by Gasteiger charge is -2.19. The van der Waals surface area contributed by atoms with Gasteiger partial charge in [0, 0.05) is 21.7 Å². The first-order chi connectivity index (χ1) is 13.4. The van der Waals surface area contributed by atoms with Gasteiger partial charge >= 0.3 is 0 Å². The number of carbonyl (C=O) groups is 1. The van der Waals surface area contributed by atoms with Gasteiger partial charge in [0.1, 0.15) is 5.82 Å². The summed E-state index contributed by atoms with van der Waals surface area (Å²) < 4.78 is 14.5. The van der Waals surface area contributed by atoms with Crippen molar-refractivity contribution in [1.29, 1.82) is 0 Å². The first-order valence-corrected chi connectivity index (χ1v) is 9.38. The van der Waals surface area contributed by atoms with Crippen molar-refractivity contribution in [2.45, 2.75) is 20.4 Å². The van der Waals surface area contributed by atoms with Gasteiger partial charge in [-0.3, -0.25) is 19.6 Å². The molecule has 28 heavy (non-hydrogen) atoms. The molecule has 0 aliphatic heterocycles. The van der Waals surface area contributed by atoms with E-state index in [0.717, 1.165) is 4.88 Å². The number of H-pyrrole nitrogens is 1. The standard InChI is InChI=1S/C19H16FN5O2S/c1-11-12(2)21-18-22-19(23-25(18)16(11)26)24(10-15-4-3-9-28-15)17(27)13-5-7-14(20)8-6-13/h3-9H,10H2,1-2H3,(H,21,22,23). The summed E-state index contributed by atoms with van der Waals surface area (Å²) >= 11 is 1.50. The van der Waals surface area contributed by atoms with Crippen LogP contribution in [0.4, 0.5) is 10.3 Å². The monoisotopic (exact) mass is 397 g/mol. The molecule has 142 valence electrons. The average molecular weight is 397 g/mol. The molecule has 0 fully saturated rings. The topological polar surface area (TPSA) is 83.4 Å². The van der Waals surface area contributed by atoms with Crippen molar-refractivity contribution < 1.29 is 9.18 Å². The number of aromatic nitrogens is 4. The summed E-state index contributed by atoms with van der Waals surface area (Å²) in [5.41, 5.74) is 1.12. The lowest BCUT2D eigenvalue weighted by Crippen LogP contribution is -2.31. The van der Waals surface area contributed by atoms with Crippen LogP contribution in [0.1, 0.15) is 26.5 Å². The Morgan fingerprint density at radius 3 is 2.64 bits per heavy atom. The quantitative estimate of drug-likeness (QED) is 0.574. The van der Waals surface area contributed by atoms with Crippen molar-refractivity contribution in [2.75, 3.05) is 4.90 Å². The van der Waals surface area contributed by atoms with Gasteiger partial charge in [-0.25, -0.2) is 9.37 Å². The van der Waals surface area contributed by atoms with Gasteiger partial charge in [0.15, 0.2) is 0 Å². The van der Waals surface area contributed by atoms with Crippen molar-refractivity contribution in [3.8, 4) is 0 Å². The average Bonchev–Trinajstić information content (AvgIpc) is 3.34. The van der Waals surface area contributed by atoms with Crippen LogP contribution < -0.4 is 10.5 Å². The van der Waals surface area contributed by atoms with E-state index in [0.29, 0.717) is 16.8 Å². The minimum atomic E-state index is -0.424. The number of fused-ring (bicyclic) bond motifs is 1. The lowest BCUT2D eigenvalue weighted by molar-refractivity contribution is 0.0983. The summed E-state index contributed by atoms with van der Waals surface area (Å²) in [6, 6.07) is 9.08. The number of carbonyl (C=O) groups excluding carboxylic acids is 1. The highest BCUT2D eigenvalue weighted by Gasteiger charge is 2.23. The zero-order chi connectivity index (χ0) is 19.8. The highest BCUT2D eigenvalue weighted by Crippen LogP contribution is 2.20. The van der Waals surface area contributed by atoms with E-state index < -0.39 is 5.82 Å². The fourth-order valence-electron chi connectivity index (χ4n) is 2.76. The van der Waals surface area contributed by atoms with Crippen LogP contribution in [-0.4, -0.2) is 25.5 Å². The molecule has 0 aliphatic carbocycles. The van der Waals surface area contributed by atoms with Gasteiger partial charge in [0.25, 0.3) is 17.2 Å². The van der Waals surface area contributed by atoms with E-state index in [9.17, 15) is 14.0 Å². The molecule has 1 aromatic carbocycles. The van der Waals surface area contributed by atoms with Crippen LogP contribution in [0.5, 0.6) is 0 Å². The third-order valence-electron chi connectivity index (χ3n) is 4.44. The Kier molecular flexibility index (Phi) is 4.52. The number of nitrogens with one attached hydrogen (secondary N) is 1. The zero-order valence-corrected chi connectivity index (χ0v) is 16.0. The van der Waals surface area contributed by atoms with E-state index in [1.54, 1.807) is 13.8 Å². The van der Waals surface area contributed by atoms with E-state index in [2.05, 4.69) is 15.1 Å². The first kappa shape index (κ1) is 18.1. The maximum Gasteiger partial charge on any atom is 0.277 e. The summed E-state index contributed by atoms with van der Waals surface area (Å²) in [5, 5.41) is 4.78. The minimum absolute atomic E-state index is 0.186. The molecule has 4 rings (SSSR count). The summed E-state index contributed by atoms with van der Waals surface area (Å²) in [6.07, 6.45) is 0. The van der Waals surface area contributed by atoms with Crippen LogP contribution in [0, 0.1) is 19.7 Å². The van der Waals surface area contributed by atoms with E-state index in [-0.39, 0.29) is 29.7 Å². The Hall–Kier alpha value is -3.33. The number of hydrogen-bond acceptors (Lipinski definition) is 5. The van der Waals surface area contributed by atoms with Crippen LogP contribution in [0.15, 0.2) is 46.6 Å². The maximum absolute atomic E-state index is 13.3. The van der Waals surface area contributed by atoms with E-state index >= 15 is 0 Å². The van der Waals surface area contributed by atoms with Gasteiger partial charge in [-0.2, -0.15) is 9.50 Å². The van der Waals surface area contributed by atoms with Crippen LogP contribution in [-0.2, 0) is 6.54 Å². The largest absolute Gasteiger partial charge is 0.277 e. The highest BCUT2D eigenvalue weighted by atomic mass is 32.1. The number of aromatic amines is 1. The molecular formula is C19H16FN5O2S. The highest BCUT2D eigenvalue weighted by molar-refractivity contribution is 7.09. The Balaban J connectivity index is 1.82. The predicted octanol–water partition coefficient (Wildman–Crippen LogP) is 3.08. The molecule has 0 radical (unpaired) electrons. The molecule has 7 nitrogen and oxygen atoms in total.